The van der Waals surface area contributed by atoms with Gasteiger partial charge in [-0.15, -0.1) is 10.2 Å². The Balaban J connectivity index is 1.63. The lowest BCUT2D eigenvalue weighted by Crippen LogP contribution is -2.30. The number of halogens is 1. The van der Waals surface area contributed by atoms with Gasteiger partial charge in [0.2, 0.25) is 0 Å². The van der Waals surface area contributed by atoms with Crippen molar-refractivity contribution in [3.8, 4) is 0 Å². The standard InChI is InChI=1S/C19H17ClN4O3/c1-11-21-22-17-7-4-13(8-24(11)17)18(25)23-9-15(16(10-23)19(26)27)12-2-5-14(20)6-3-12/h2-8,15-16H,9-10H2,1H3,(H,26,27)/t15-,16+/m0/s1. The molecular weight excluding hydrogens is 368 g/mol. The summed E-state index contributed by atoms with van der Waals surface area (Å²) in [7, 11) is 0. The Labute approximate surface area is 160 Å². The molecule has 0 spiro atoms. The number of benzene rings is 1. The molecule has 0 unspecified atom stereocenters. The number of hydrogen-bond donors (Lipinski definition) is 1. The lowest BCUT2D eigenvalue weighted by molar-refractivity contribution is -0.141. The molecule has 0 bridgehead atoms. The van der Waals surface area contributed by atoms with Crippen molar-refractivity contribution in [2.75, 3.05) is 13.1 Å². The first kappa shape index (κ1) is 17.5. The summed E-state index contributed by atoms with van der Waals surface area (Å²) in [5, 5.41) is 18.2. The molecule has 7 nitrogen and oxygen atoms in total. The Hall–Kier alpha value is -2.93. The normalized spacial score (nSPS) is 19.6. The van der Waals surface area contributed by atoms with Gasteiger partial charge < -0.3 is 10.0 Å². The second-order valence-electron chi connectivity index (χ2n) is 6.71. The number of pyridine rings is 1. The van der Waals surface area contributed by atoms with E-state index >= 15 is 0 Å². The largest absolute Gasteiger partial charge is 0.481 e. The van der Waals surface area contributed by atoms with Crippen LogP contribution in [-0.2, 0) is 4.79 Å². The van der Waals surface area contributed by atoms with Crippen molar-refractivity contribution in [3.05, 3.63) is 64.6 Å². The fourth-order valence-electron chi connectivity index (χ4n) is 3.58. The van der Waals surface area contributed by atoms with Crippen LogP contribution in [0.1, 0.15) is 27.7 Å². The van der Waals surface area contributed by atoms with Gasteiger partial charge in [-0.25, -0.2) is 0 Å². The molecular formula is C19H17ClN4O3. The van der Waals surface area contributed by atoms with Gasteiger partial charge in [0.25, 0.3) is 5.91 Å². The predicted molar refractivity (Wildman–Crippen MR) is 98.9 cm³/mol. The van der Waals surface area contributed by atoms with E-state index in [1.165, 1.54) is 0 Å². The van der Waals surface area contributed by atoms with Crippen LogP contribution in [0.5, 0.6) is 0 Å². The van der Waals surface area contributed by atoms with Crippen LogP contribution >= 0.6 is 11.6 Å². The van der Waals surface area contributed by atoms with Gasteiger partial charge in [-0.3, -0.25) is 14.0 Å². The SMILES string of the molecule is Cc1nnc2ccc(C(=O)N3C[C@@H](C(=O)O)[C@H](c4ccc(Cl)cc4)C3)cn12. The third-order valence-corrected chi connectivity index (χ3v) is 5.29. The highest BCUT2D eigenvalue weighted by molar-refractivity contribution is 6.30. The zero-order valence-corrected chi connectivity index (χ0v) is 15.3. The highest BCUT2D eigenvalue weighted by Crippen LogP contribution is 2.34. The van der Waals surface area contributed by atoms with Crippen LogP contribution in [0.3, 0.4) is 0 Å². The number of nitrogens with zero attached hydrogens (tertiary/aromatic N) is 4. The number of carbonyl (C=O) groups excluding carboxylic acids is 1. The molecule has 0 saturated carbocycles. The van der Waals surface area contributed by atoms with E-state index in [9.17, 15) is 14.7 Å². The molecule has 1 N–H and O–H groups in total. The molecule has 2 aromatic heterocycles. The van der Waals surface area contributed by atoms with E-state index in [1.807, 2.05) is 12.1 Å². The van der Waals surface area contributed by atoms with Gasteiger partial charge >= 0.3 is 5.97 Å². The van der Waals surface area contributed by atoms with Crippen molar-refractivity contribution in [2.45, 2.75) is 12.8 Å². The average Bonchev–Trinajstić information content (AvgIpc) is 3.26. The van der Waals surface area contributed by atoms with Gasteiger partial charge in [0.15, 0.2) is 5.65 Å². The van der Waals surface area contributed by atoms with Gasteiger partial charge in [0, 0.05) is 30.2 Å². The first-order valence-corrected chi connectivity index (χ1v) is 8.91. The maximum atomic E-state index is 13.0. The second-order valence-corrected chi connectivity index (χ2v) is 7.14. The summed E-state index contributed by atoms with van der Waals surface area (Å²) in [6.07, 6.45) is 1.69. The topological polar surface area (TPSA) is 87.8 Å². The first-order valence-electron chi connectivity index (χ1n) is 8.53. The predicted octanol–water partition coefficient (Wildman–Crippen LogP) is 2.63. The van der Waals surface area contributed by atoms with Gasteiger partial charge in [-0.2, -0.15) is 0 Å². The second kappa shape index (κ2) is 6.66. The van der Waals surface area contributed by atoms with Gasteiger partial charge in [-0.1, -0.05) is 23.7 Å². The van der Waals surface area contributed by atoms with E-state index < -0.39 is 11.9 Å². The highest BCUT2D eigenvalue weighted by atomic mass is 35.5. The summed E-state index contributed by atoms with van der Waals surface area (Å²) in [4.78, 5) is 26.3. The number of aromatic nitrogens is 3. The fraction of sp³-hybridized carbons (Fsp3) is 0.263. The molecule has 1 aromatic carbocycles. The number of amides is 1. The summed E-state index contributed by atoms with van der Waals surface area (Å²) < 4.78 is 1.74. The van der Waals surface area contributed by atoms with Crippen LogP contribution in [0.2, 0.25) is 5.02 Å². The summed E-state index contributed by atoms with van der Waals surface area (Å²) in [5.41, 5.74) is 2.01. The summed E-state index contributed by atoms with van der Waals surface area (Å²) in [5.74, 6) is -1.36. The summed E-state index contributed by atoms with van der Waals surface area (Å²) >= 11 is 5.93. The Morgan fingerprint density at radius 1 is 1.11 bits per heavy atom. The van der Waals surface area contributed by atoms with Crippen molar-refractivity contribution in [1.82, 2.24) is 19.5 Å². The maximum absolute atomic E-state index is 13.0. The van der Waals surface area contributed by atoms with Crippen molar-refractivity contribution in [1.29, 1.82) is 0 Å². The van der Waals surface area contributed by atoms with E-state index in [-0.39, 0.29) is 18.4 Å². The lowest BCUT2D eigenvalue weighted by Gasteiger charge is -2.17. The number of carboxylic acid groups (broad SMARTS) is 1. The quantitative estimate of drug-likeness (QED) is 0.750. The van der Waals surface area contributed by atoms with E-state index in [1.54, 1.807) is 46.7 Å². The van der Waals surface area contributed by atoms with Crippen LogP contribution in [0.15, 0.2) is 42.6 Å². The van der Waals surface area contributed by atoms with E-state index in [0.717, 1.165) is 5.56 Å². The Morgan fingerprint density at radius 2 is 1.85 bits per heavy atom. The Bertz CT molecular complexity index is 1030. The molecule has 138 valence electrons. The number of aliphatic carboxylic acids is 1. The van der Waals surface area contributed by atoms with Crippen molar-refractivity contribution < 1.29 is 14.7 Å². The molecule has 1 aliphatic heterocycles. The van der Waals surface area contributed by atoms with Crippen LogP contribution in [0.25, 0.3) is 5.65 Å². The first-order chi connectivity index (χ1) is 12.9. The van der Waals surface area contributed by atoms with Gasteiger partial charge in [0.1, 0.15) is 5.82 Å². The van der Waals surface area contributed by atoms with E-state index in [4.69, 9.17) is 11.6 Å². The number of fused-ring (bicyclic) bond motifs is 1. The number of carbonyl (C=O) groups is 2. The zero-order valence-electron chi connectivity index (χ0n) is 14.5. The lowest BCUT2D eigenvalue weighted by atomic mass is 9.89. The van der Waals surface area contributed by atoms with Crippen LogP contribution in [-0.4, -0.2) is 49.6 Å². The number of hydrogen-bond acceptors (Lipinski definition) is 4. The number of aryl methyl sites for hydroxylation is 1. The van der Waals surface area contributed by atoms with Crippen LogP contribution < -0.4 is 0 Å². The number of rotatable bonds is 3. The van der Waals surface area contributed by atoms with Crippen molar-refractivity contribution in [3.63, 3.8) is 0 Å². The molecule has 1 amide bonds. The molecule has 3 aromatic rings. The molecule has 1 saturated heterocycles. The molecule has 4 rings (SSSR count). The molecule has 1 aliphatic rings. The molecule has 2 atom stereocenters. The third kappa shape index (κ3) is 3.14. The highest BCUT2D eigenvalue weighted by Gasteiger charge is 2.40. The minimum atomic E-state index is -0.907. The van der Waals surface area contributed by atoms with Gasteiger partial charge in [-0.05, 0) is 36.8 Å². The molecule has 27 heavy (non-hydrogen) atoms. The molecule has 3 heterocycles. The average molecular weight is 385 g/mol. The van der Waals surface area contributed by atoms with Crippen molar-refractivity contribution in [2.24, 2.45) is 5.92 Å². The smallest absolute Gasteiger partial charge is 0.308 e. The Morgan fingerprint density at radius 3 is 2.56 bits per heavy atom. The maximum Gasteiger partial charge on any atom is 0.308 e. The Kier molecular flexibility index (Phi) is 4.31. The fourth-order valence-corrected chi connectivity index (χ4v) is 3.71. The van der Waals surface area contributed by atoms with E-state index in [2.05, 4.69) is 10.2 Å². The number of carboxylic acids is 1. The monoisotopic (exact) mass is 384 g/mol. The van der Waals surface area contributed by atoms with Crippen molar-refractivity contribution >= 4 is 29.1 Å². The minimum Gasteiger partial charge on any atom is -0.481 e. The molecule has 8 heteroatoms. The summed E-state index contributed by atoms with van der Waals surface area (Å²) in [6.45, 7) is 2.32. The van der Waals surface area contributed by atoms with Crippen LogP contribution in [0, 0.1) is 12.8 Å². The zero-order chi connectivity index (χ0) is 19.1. The molecule has 0 radical (unpaired) electrons. The molecule has 0 aliphatic carbocycles. The number of likely N-dealkylation sites (tertiary alicyclic amines) is 1. The molecule has 1 fully saturated rings. The van der Waals surface area contributed by atoms with Gasteiger partial charge in [0.05, 0.1) is 11.5 Å². The minimum absolute atomic E-state index is 0.167. The third-order valence-electron chi connectivity index (χ3n) is 5.04. The summed E-state index contributed by atoms with van der Waals surface area (Å²) in [6, 6.07) is 10.5. The van der Waals surface area contributed by atoms with E-state index in [0.29, 0.717) is 28.6 Å². The van der Waals surface area contributed by atoms with Crippen LogP contribution in [0.4, 0.5) is 0 Å².